The Hall–Kier alpha value is -1.30. The van der Waals surface area contributed by atoms with Crippen LogP contribution >= 0.6 is 11.8 Å². The molecule has 1 fully saturated rings. The van der Waals surface area contributed by atoms with Crippen LogP contribution in [0.3, 0.4) is 0 Å². The minimum absolute atomic E-state index is 0.673. The first-order valence-electron chi connectivity index (χ1n) is 6.26. The van der Waals surface area contributed by atoms with Gasteiger partial charge in [-0.25, -0.2) is 15.0 Å². The Labute approximate surface area is 110 Å². The summed E-state index contributed by atoms with van der Waals surface area (Å²) in [6, 6.07) is 0. The first-order chi connectivity index (χ1) is 8.75. The number of H-pyrrole nitrogens is 1. The van der Waals surface area contributed by atoms with Crippen LogP contribution in [0, 0.1) is 5.92 Å². The van der Waals surface area contributed by atoms with Crippen molar-refractivity contribution < 1.29 is 0 Å². The third-order valence-corrected chi connectivity index (χ3v) is 4.88. The lowest BCUT2D eigenvalue weighted by Crippen LogP contribution is -2.40. The van der Waals surface area contributed by atoms with Crippen LogP contribution in [0.15, 0.2) is 12.7 Å². The van der Waals surface area contributed by atoms with Crippen molar-refractivity contribution in [2.75, 3.05) is 23.7 Å². The molecule has 1 aliphatic heterocycles. The van der Waals surface area contributed by atoms with Gasteiger partial charge in [-0.3, -0.25) is 0 Å². The fourth-order valence-electron chi connectivity index (χ4n) is 2.26. The highest BCUT2D eigenvalue weighted by Gasteiger charge is 2.25. The minimum Gasteiger partial charge on any atom is -0.353 e. The number of imidazole rings is 1. The number of aromatic amines is 1. The van der Waals surface area contributed by atoms with Crippen molar-refractivity contribution in [2.24, 2.45) is 5.92 Å². The van der Waals surface area contributed by atoms with Crippen molar-refractivity contribution in [3.63, 3.8) is 0 Å². The van der Waals surface area contributed by atoms with Gasteiger partial charge in [-0.1, -0.05) is 13.8 Å². The predicted molar refractivity (Wildman–Crippen MR) is 75.0 cm³/mol. The zero-order chi connectivity index (χ0) is 12.5. The second-order valence-electron chi connectivity index (χ2n) is 4.90. The van der Waals surface area contributed by atoms with Gasteiger partial charge in [0.15, 0.2) is 11.5 Å². The number of nitrogens with one attached hydrogen (secondary N) is 1. The Bertz CT molecular complexity index is 538. The summed E-state index contributed by atoms with van der Waals surface area (Å²) in [7, 11) is 0. The Kier molecular flexibility index (Phi) is 3.11. The second kappa shape index (κ2) is 4.76. The molecule has 3 heterocycles. The van der Waals surface area contributed by atoms with Crippen molar-refractivity contribution in [3.8, 4) is 0 Å². The van der Waals surface area contributed by atoms with Crippen LogP contribution in [-0.4, -0.2) is 44.0 Å². The molecule has 96 valence electrons. The molecule has 2 aromatic rings. The van der Waals surface area contributed by atoms with E-state index >= 15 is 0 Å². The molecular weight excluding hydrogens is 246 g/mol. The maximum Gasteiger partial charge on any atom is 0.182 e. The van der Waals surface area contributed by atoms with Gasteiger partial charge >= 0.3 is 0 Å². The number of hydrogen-bond acceptors (Lipinski definition) is 5. The van der Waals surface area contributed by atoms with Gasteiger partial charge in [-0.2, -0.15) is 11.8 Å². The molecule has 18 heavy (non-hydrogen) atoms. The number of nitrogens with zero attached hydrogens (tertiary/aromatic N) is 4. The Morgan fingerprint density at radius 2 is 2.28 bits per heavy atom. The molecule has 1 atom stereocenters. The van der Waals surface area contributed by atoms with Gasteiger partial charge in [-0.05, 0) is 5.92 Å². The average molecular weight is 263 g/mol. The monoisotopic (exact) mass is 263 g/mol. The highest BCUT2D eigenvalue weighted by atomic mass is 32.2. The summed E-state index contributed by atoms with van der Waals surface area (Å²) >= 11 is 2.07. The van der Waals surface area contributed by atoms with Crippen LogP contribution < -0.4 is 4.90 Å². The zero-order valence-corrected chi connectivity index (χ0v) is 11.4. The predicted octanol–water partition coefficient (Wildman–Crippen LogP) is 1.93. The normalized spacial score (nSPS) is 20.8. The van der Waals surface area contributed by atoms with E-state index in [1.165, 1.54) is 0 Å². The summed E-state index contributed by atoms with van der Waals surface area (Å²) < 4.78 is 0. The summed E-state index contributed by atoms with van der Waals surface area (Å²) in [6.45, 7) is 6.66. The van der Waals surface area contributed by atoms with Gasteiger partial charge in [-0.15, -0.1) is 0 Å². The highest BCUT2D eigenvalue weighted by Crippen LogP contribution is 2.29. The van der Waals surface area contributed by atoms with E-state index in [0.29, 0.717) is 11.2 Å². The van der Waals surface area contributed by atoms with E-state index in [9.17, 15) is 0 Å². The molecule has 0 spiro atoms. The quantitative estimate of drug-likeness (QED) is 0.897. The standard InChI is InChI=1S/C12H17N5S/c1-8(2)9-5-17(3-4-18-9)12-10-11(14-6-13-10)15-7-16-12/h6-9H,3-5H2,1-2H3,(H,13,14,15,16)/t9-/m1/s1. The van der Waals surface area contributed by atoms with E-state index in [1.807, 2.05) is 0 Å². The van der Waals surface area contributed by atoms with Crippen LogP contribution in [-0.2, 0) is 0 Å². The van der Waals surface area contributed by atoms with Crippen molar-refractivity contribution >= 4 is 28.7 Å². The van der Waals surface area contributed by atoms with Crippen molar-refractivity contribution in [1.82, 2.24) is 19.9 Å². The Morgan fingerprint density at radius 1 is 1.39 bits per heavy atom. The molecule has 0 saturated carbocycles. The zero-order valence-electron chi connectivity index (χ0n) is 10.6. The van der Waals surface area contributed by atoms with Gasteiger partial charge in [0.2, 0.25) is 0 Å². The van der Waals surface area contributed by atoms with E-state index in [4.69, 9.17) is 0 Å². The number of fused-ring (bicyclic) bond motifs is 1. The van der Waals surface area contributed by atoms with E-state index in [1.54, 1.807) is 12.7 Å². The molecule has 3 rings (SSSR count). The SMILES string of the molecule is CC(C)[C@H]1CN(c2ncnc3nc[nH]c23)CCS1. The molecule has 1 saturated heterocycles. The summed E-state index contributed by atoms with van der Waals surface area (Å²) in [4.78, 5) is 18.3. The molecule has 0 aromatic carbocycles. The molecule has 0 amide bonds. The molecule has 0 unspecified atom stereocenters. The maximum absolute atomic E-state index is 4.43. The Balaban J connectivity index is 1.92. The number of anilines is 1. The summed E-state index contributed by atoms with van der Waals surface area (Å²) in [6.07, 6.45) is 3.28. The molecule has 5 nitrogen and oxygen atoms in total. The molecular formula is C12H17N5S. The van der Waals surface area contributed by atoms with Crippen molar-refractivity contribution in [1.29, 1.82) is 0 Å². The summed E-state index contributed by atoms with van der Waals surface area (Å²) in [5.74, 6) is 2.84. The van der Waals surface area contributed by atoms with Crippen LogP contribution in [0.2, 0.25) is 0 Å². The fourth-order valence-corrected chi connectivity index (χ4v) is 3.56. The van der Waals surface area contributed by atoms with Gasteiger partial charge in [0.1, 0.15) is 11.8 Å². The van der Waals surface area contributed by atoms with E-state index in [0.717, 1.165) is 35.8 Å². The van der Waals surface area contributed by atoms with Crippen LogP contribution in [0.1, 0.15) is 13.8 Å². The second-order valence-corrected chi connectivity index (χ2v) is 6.24. The molecule has 2 aromatic heterocycles. The third kappa shape index (κ3) is 2.05. The Morgan fingerprint density at radius 3 is 3.11 bits per heavy atom. The lowest BCUT2D eigenvalue weighted by atomic mass is 10.1. The minimum atomic E-state index is 0.673. The van der Waals surface area contributed by atoms with Gasteiger partial charge in [0.05, 0.1) is 6.33 Å². The largest absolute Gasteiger partial charge is 0.353 e. The lowest BCUT2D eigenvalue weighted by molar-refractivity contribution is 0.581. The maximum atomic E-state index is 4.43. The molecule has 0 bridgehead atoms. The highest BCUT2D eigenvalue weighted by molar-refractivity contribution is 8.00. The van der Waals surface area contributed by atoms with E-state index in [2.05, 4.69) is 50.4 Å². The van der Waals surface area contributed by atoms with Crippen molar-refractivity contribution in [2.45, 2.75) is 19.1 Å². The number of thioether (sulfide) groups is 1. The van der Waals surface area contributed by atoms with Crippen molar-refractivity contribution in [3.05, 3.63) is 12.7 Å². The first-order valence-corrected chi connectivity index (χ1v) is 7.31. The number of hydrogen-bond donors (Lipinski definition) is 1. The third-order valence-electron chi connectivity index (χ3n) is 3.34. The first kappa shape index (κ1) is 11.8. The molecule has 1 N–H and O–H groups in total. The lowest BCUT2D eigenvalue weighted by Gasteiger charge is -2.35. The van der Waals surface area contributed by atoms with Crippen LogP contribution in [0.5, 0.6) is 0 Å². The van der Waals surface area contributed by atoms with Crippen LogP contribution in [0.25, 0.3) is 11.2 Å². The molecule has 0 aliphatic carbocycles. The smallest absolute Gasteiger partial charge is 0.182 e. The molecule has 6 heteroatoms. The molecule has 0 radical (unpaired) electrons. The number of aromatic nitrogens is 4. The summed E-state index contributed by atoms with van der Waals surface area (Å²) in [5, 5.41) is 0.673. The summed E-state index contributed by atoms with van der Waals surface area (Å²) in [5.41, 5.74) is 1.70. The van der Waals surface area contributed by atoms with Gasteiger partial charge in [0.25, 0.3) is 0 Å². The van der Waals surface area contributed by atoms with E-state index < -0.39 is 0 Å². The number of rotatable bonds is 2. The average Bonchev–Trinajstić information content (AvgIpc) is 2.87. The topological polar surface area (TPSA) is 57.7 Å². The van der Waals surface area contributed by atoms with E-state index in [-0.39, 0.29) is 0 Å². The van der Waals surface area contributed by atoms with Gasteiger partial charge < -0.3 is 9.88 Å². The van der Waals surface area contributed by atoms with Gasteiger partial charge in [0, 0.05) is 24.1 Å². The fraction of sp³-hybridized carbons (Fsp3) is 0.583. The van der Waals surface area contributed by atoms with Crippen LogP contribution in [0.4, 0.5) is 5.82 Å². The molecule has 1 aliphatic rings.